The van der Waals surface area contributed by atoms with Gasteiger partial charge in [-0.1, -0.05) is 0 Å². The minimum absolute atomic E-state index is 0.144. The van der Waals surface area contributed by atoms with E-state index in [1.165, 1.54) is 12.6 Å². The maximum atomic E-state index is 11.0. The fourth-order valence-electron chi connectivity index (χ4n) is 1.83. The Morgan fingerprint density at radius 3 is 2.89 bits per heavy atom. The van der Waals surface area contributed by atoms with Gasteiger partial charge in [-0.15, -0.1) is 0 Å². The van der Waals surface area contributed by atoms with Crippen LogP contribution in [0, 0.1) is 0 Å². The summed E-state index contributed by atoms with van der Waals surface area (Å²) in [6.07, 6.45) is 4.56. The molecule has 0 spiro atoms. The van der Waals surface area contributed by atoms with Crippen molar-refractivity contribution < 1.29 is 8.42 Å². The molecule has 0 unspecified atom stereocenters. The lowest BCUT2D eigenvalue weighted by molar-refractivity contribution is 0.589. The quantitative estimate of drug-likeness (QED) is 0.702. The van der Waals surface area contributed by atoms with Gasteiger partial charge in [0.15, 0.2) is 5.82 Å². The highest BCUT2D eigenvalue weighted by atomic mass is 32.2. The number of aromatic nitrogens is 3. The fraction of sp³-hybridized carbons (Fsp3) is 0.455. The van der Waals surface area contributed by atoms with Crippen LogP contribution in [0.3, 0.4) is 0 Å². The van der Waals surface area contributed by atoms with E-state index in [2.05, 4.69) is 15.3 Å². The molecular weight excluding hydrogens is 266 g/mol. The first kappa shape index (κ1) is 13.8. The van der Waals surface area contributed by atoms with Crippen LogP contribution in [0.2, 0.25) is 0 Å². The van der Waals surface area contributed by atoms with Crippen LogP contribution in [0.15, 0.2) is 18.6 Å². The average molecular weight is 283 g/mol. The summed E-state index contributed by atoms with van der Waals surface area (Å²) >= 11 is 0. The van der Waals surface area contributed by atoms with Gasteiger partial charge in [-0.2, -0.15) is 0 Å². The molecule has 0 saturated heterocycles. The van der Waals surface area contributed by atoms with Crippen molar-refractivity contribution in [1.82, 2.24) is 19.9 Å². The van der Waals surface area contributed by atoms with Crippen molar-refractivity contribution in [2.24, 2.45) is 0 Å². The molecule has 0 bridgehead atoms. The molecule has 0 aliphatic rings. The van der Waals surface area contributed by atoms with E-state index >= 15 is 0 Å². The number of hydrogen-bond donors (Lipinski definition) is 2. The van der Waals surface area contributed by atoms with Crippen LogP contribution >= 0.6 is 0 Å². The number of anilines is 1. The molecule has 0 atom stereocenters. The van der Waals surface area contributed by atoms with Gasteiger partial charge in [0, 0.05) is 32.1 Å². The Balaban J connectivity index is 1.92. The van der Waals surface area contributed by atoms with Crippen molar-refractivity contribution in [3.05, 3.63) is 18.6 Å². The molecule has 2 aromatic heterocycles. The molecule has 0 aromatic carbocycles. The van der Waals surface area contributed by atoms with Gasteiger partial charge in [0.25, 0.3) is 0 Å². The normalized spacial score (nSPS) is 12.1. The zero-order valence-electron chi connectivity index (χ0n) is 10.7. The summed E-state index contributed by atoms with van der Waals surface area (Å²) in [5.74, 6) is 0.594. The van der Waals surface area contributed by atoms with Gasteiger partial charge >= 0.3 is 0 Å². The lowest BCUT2D eigenvalue weighted by Gasteiger charge is -2.07. The number of nitrogen functional groups attached to an aromatic ring is 1. The Morgan fingerprint density at radius 2 is 2.16 bits per heavy atom. The Labute approximate surface area is 111 Å². The summed E-state index contributed by atoms with van der Waals surface area (Å²) in [6, 6.07) is 1.88. The topological polar surface area (TPSA) is 103 Å². The van der Waals surface area contributed by atoms with Crippen LogP contribution in [-0.4, -0.2) is 48.1 Å². The Hall–Kier alpha value is -1.67. The van der Waals surface area contributed by atoms with Crippen molar-refractivity contribution in [3.63, 3.8) is 0 Å². The predicted octanol–water partition coefficient (Wildman–Crippen LogP) is -0.352. The Morgan fingerprint density at radius 1 is 1.37 bits per heavy atom. The van der Waals surface area contributed by atoms with Gasteiger partial charge in [0.2, 0.25) is 0 Å². The van der Waals surface area contributed by atoms with Crippen LogP contribution in [0.1, 0.15) is 0 Å². The van der Waals surface area contributed by atoms with Gasteiger partial charge in [-0.3, -0.25) is 0 Å². The molecular formula is C11H17N5O2S. The van der Waals surface area contributed by atoms with Crippen molar-refractivity contribution in [2.75, 3.05) is 30.8 Å². The average Bonchev–Trinajstić information content (AvgIpc) is 2.72. The van der Waals surface area contributed by atoms with E-state index in [0.717, 1.165) is 11.0 Å². The second kappa shape index (κ2) is 5.54. The molecule has 0 aliphatic heterocycles. The third-order valence-electron chi connectivity index (χ3n) is 2.76. The second-order valence-electron chi connectivity index (χ2n) is 4.38. The van der Waals surface area contributed by atoms with Crippen LogP contribution < -0.4 is 11.1 Å². The Kier molecular flexibility index (Phi) is 4.01. The molecule has 2 aromatic rings. The van der Waals surface area contributed by atoms with E-state index in [9.17, 15) is 8.42 Å². The fourth-order valence-corrected chi connectivity index (χ4v) is 2.34. The Bertz CT molecular complexity index is 665. The molecule has 7 nitrogen and oxygen atoms in total. The van der Waals surface area contributed by atoms with Crippen LogP contribution in [-0.2, 0) is 16.4 Å². The first-order chi connectivity index (χ1) is 8.97. The molecule has 104 valence electrons. The van der Waals surface area contributed by atoms with Gasteiger partial charge in [0.05, 0.1) is 11.3 Å². The zero-order valence-corrected chi connectivity index (χ0v) is 11.5. The van der Waals surface area contributed by atoms with E-state index in [-0.39, 0.29) is 5.75 Å². The maximum Gasteiger partial charge on any atom is 0.151 e. The largest absolute Gasteiger partial charge is 0.382 e. The summed E-state index contributed by atoms with van der Waals surface area (Å²) in [5, 5.41) is 3.08. The van der Waals surface area contributed by atoms with Crippen LogP contribution in [0.5, 0.6) is 0 Å². The lowest BCUT2D eigenvalue weighted by atomic mass is 10.4. The molecule has 19 heavy (non-hydrogen) atoms. The van der Waals surface area contributed by atoms with Gasteiger partial charge in [0.1, 0.15) is 21.7 Å². The maximum absolute atomic E-state index is 11.0. The minimum atomic E-state index is -2.91. The standard InChI is InChI=1S/C11H17N5O2S/c1-19(17,18)7-4-13-3-6-16-5-2-9-10(16)11(12)15-8-14-9/h2,5,8,13H,3-4,6-7H2,1H3,(H2,12,14,15). The first-order valence-electron chi connectivity index (χ1n) is 5.91. The third-order valence-corrected chi connectivity index (χ3v) is 3.70. The van der Waals surface area contributed by atoms with E-state index in [1.54, 1.807) is 0 Å². The monoisotopic (exact) mass is 283 g/mol. The number of hydrogen-bond acceptors (Lipinski definition) is 6. The van der Waals surface area contributed by atoms with E-state index in [0.29, 0.717) is 25.5 Å². The number of fused-ring (bicyclic) bond motifs is 1. The summed E-state index contributed by atoms with van der Waals surface area (Å²) < 4.78 is 23.9. The predicted molar refractivity (Wildman–Crippen MR) is 74.5 cm³/mol. The van der Waals surface area contributed by atoms with Crippen molar-refractivity contribution in [2.45, 2.75) is 6.54 Å². The van der Waals surface area contributed by atoms with Gasteiger partial charge in [-0.05, 0) is 6.07 Å². The summed E-state index contributed by atoms with van der Waals surface area (Å²) in [6.45, 7) is 1.79. The highest BCUT2D eigenvalue weighted by Crippen LogP contribution is 2.17. The van der Waals surface area contributed by atoms with Crippen molar-refractivity contribution in [3.8, 4) is 0 Å². The summed E-state index contributed by atoms with van der Waals surface area (Å²) in [4.78, 5) is 8.09. The smallest absolute Gasteiger partial charge is 0.151 e. The second-order valence-corrected chi connectivity index (χ2v) is 6.64. The van der Waals surface area contributed by atoms with Crippen molar-refractivity contribution >= 4 is 26.7 Å². The molecule has 0 radical (unpaired) electrons. The molecule has 3 N–H and O–H groups in total. The molecule has 0 aliphatic carbocycles. The number of sulfone groups is 1. The van der Waals surface area contributed by atoms with Crippen LogP contribution in [0.4, 0.5) is 5.82 Å². The number of nitrogens with one attached hydrogen (secondary N) is 1. The molecule has 8 heteroatoms. The molecule has 0 amide bonds. The number of nitrogens with zero attached hydrogens (tertiary/aromatic N) is 3. The molecule has 0 fully saturated rings. The third kappa shape index (κ3) is 3.65. The van der Waals surface area contributed by atoms with E-state index < -0.39 is 9.84 Å². The SMILES string of the molecule is CS(=O)(=O)CCNCCn1ccc2ncnc(N)c21. The summed E-state index contributed by atoms with van der Waals surface area (Å²) in [7, 11) is -2.91. The van der Waals surface area contributed by atoms with Gasteiger partial charge < -0.3 is 15.6 Å². The van der Waals surface area contributed by atoms with Gasteiger partial charge in [-0.25, -0.2) is 18.4 Å². The van der Waals surface area contributed by atoms with Crippen LogP contribution in [0.25, 0.3) is 11.0 Å². The summed E-state index contributed by atoms with van der Waals surface area (Å²) in [5.41, 5.74) is 7.44. The minimum Gasteiger partial charge on any atom is -0.382 e. The first-order valence-corrected chi connectivity index (χ1v) is 7.97. The number of nitrogens with two attached hydrogens (primary N) is 1. The number of rotatable bonds is 6. The van der Waals surface area contributed by atoms with E-state index in [4.69, 9.17) is 5.73 Å². The highest BCUT2D eigenvalue weighted by Gasteiger charge is 2.06. The molecule has 2 heterocycles. The van der Waals surface area contributed by atoms with E-state index in [1.807, 2.05) is 16.8 Å². The molecule has 2 rings (SSSR count). The lowest BCUT2D eigenvalue weighted by Crippen LogP contribution is -2.25. The zero-order chi connectivity index (χ0) is 13.9. The molecule has 0 saturated carbocycles. The highest BCUT2D eigenvalue weighted by molar-refractivity contribution is 7.90. The van der Waals surface area contributed by atoms with Crippen molar-refractivity contribution in [1.29, 1.82) is 0 Å².